The molecule has 0 saturated heterocycles. The van der Waals surface area contributed by atoms with Crippen LogP contribution >= 0.6 is 12.4 Å². The SMILES string of the molecule is C#CCOc1ccc2ccccc2c1CNCC.Cl. The summed E-state index contributed by atoms with van der Waals surface area (Å²) < 4.78 is 5.62. The zero-order chi connectivity index (χ0) is 12.8. The minimum atomic E-state index is 0. The van der Waals surface area contributed by atoms with Crippen molar-refractivity contribution in [2.24, 2.45) is 0 Å². The maximum Gasteiger partial charge on any atom is 0.148 e. The summed E-state index contributed by atoms with van der Waals surface area (Å²) in [4.78, 5) is 0. The Labute approximate surface area is 120 Å². The van der Waals surface area contributed by atoms with Crippen molar-refractivity contribution in [1.29, 1.82) is 0 Å². The molecule has 0 unspecified atom stereocenters. The van der Waals surface area contributed by atoms with Crippen molar-refractivity contribution in [1.82, 2.24) is 5.32 Å². The van der Waals surface area contributed by atoms with Crippen molar-refractivity contribution in [2.45, 2.75) is 13.5 Å². The van der Waals surface area contributed by atoms with E-state index >= 15 is 0 Å². The van der Waals surface area contributed by atoms with Crippen LogP contribution in [0, 0.1) is 12.3 Å². The van der Waals surface area contributed by atoms with Crippen LogP contribution in [0.1, 0.15) is 12.5 Å². The third-order valence-corrected chi connectivity index (χ3v) is 2.86. The largest absolute Gasteiger partial charge is 0.481 e. The second-order valence-corrected chi connectivity index (χ2v) is 4.04. The average molecular weight is 276 g/mol. The number of fused-ring (bicyclic) bond motifs is 1. The fraction of sp³-hybridized carbons (Fsp3) is 0.250. The summed E-state index contributed by atoms with van der Waals surface area (Å²) in [5.74, 6) is 3.37. The van der Waals surface area contributed by atoms with Crippen LogP contribution in [-0.4, -0.2) is 13.2 Å². The highest BCUT2D eigenvalue weighted by molar-refractivity contribution is 5.87. The van der Waals surface area contributed by atoms with Crippen LogP contribution < -0.4 is 10.1 Å². The first-order valence-electron chi connectivity index (χ1n) is 6.14. The molecule has 2 rings (SSSR count). The van der Waals surface area contributed by atoms with E-state index in [1.807, 2.05) is 18.2 Å². The molecule has 2 nitrogen and oxygen atoms in total. The third-order valence-electron chi connectivity index (χ3n) is 2.86. The molecule has 0 radical (unpaired) electrons. The van der Waals surface area contributed by atoms with Crippen LogP contribution in [0.2, 0.25) is 0 Å². The van der Waals surface area contributed by atoms with E-state index in [-0.39, 0.29) is 12.4 Å². The number of rotatable bonds is 5. The summed E-state index contributed by atoms with van der Waals surface area (Å²) >= 11 is 0. The molecule has 2 aromatic carbocycles. The van der Waals surface area contributed by atoms with Crippen molar-refractivity contribution in [2.75, 3.05) is 13.2 Å². The van der Waals surface area contributed by atoms with Gasteiger partial charge in [0.15, 0.2) is 0 Å². The zero-order valence-corrected chi connectivity index (χ0v) is 11.8. The predicted octanol–water partition coefficient (Wildman–Crippen LogP) is 3.38. The van der Waals surface area contributed by atoms with E-state index in [9.17, 15) is 0 Å². The van der Waals surface area contributed by atoms with Crippen LogP contribution in [0.4, 0.5) is 0 Å². The lowest BCUT2D eigenvalue weighted by Gasteiger charge is -2.13. The highest BCUT2D eigenvalue weighted by Gasteiger charge is 2.07. The second-order valence-electron chi connectivity index (χ2n) is 4.04. The van der Waals surface area contributed by atoms with E-state index < -0.39 is 0 Å². The van der Waals surface area contributed by atoms with Crippen LogP contribution in [-0.2, 0) is 6.54 Å². The lowest BCUT2D eigenvalue weighted by atomic mass is 10.0. The van der Waals surface area contributed by atoms with E-state index in [1.165, 1.54) is 16.3 Å². The molecule has 0 aliphatic rings. The van der Waals surface area contributed by atoms with Crippen LogP contribution in [0.5, 0.6) is 5.75 Å². The molecule has 0 atom stereocenters. The molecule has 0 aromatic heterocycles. The number of nitrogens with one attached hydrogen (secondary N) is 1. The fourth-order valence-electron chi connectivity index (χ4n) is 2.00. The Morgan fingerprint density at radius 1 is 1.21 bits per heavy atom. The number of benzene rings is 2. The summed E-state index contributed by atoms with van der Waals surface area (Å²) in [6.07, 6.45) is 5.25. The van der Waals surface area contributed by atoms with Gasteiger partial charge in [-0.05, 0) is 23.4 Å². The predicted molar refractivity (Wildman–Crippen MR) is 82.9 cm³/mol. The van der Waals surface area contributed by atoms with Gasteiger partial charge >= 0.3 is 0 Å². The van der Waals surface area contributed by atoms with E-state index in [0.29, 0.717) is 6.61 Å². The molecule has 3 heteroatoms. The third kappa shape index (κ3) is 3.64. The van der Waals surface area contributed by atoms with Gasteiger partial charge in [0.25, 0.3) is 0 Å². The zero-order valence-electron chi connectivity index (χ0n) is 11.0. The molecule has 0 fully saturated rings. The Kier molecular flexibility index (Phi) is 6.21. The lowest BCUT2D eigenvalue weighted by Crippen LogP contribution is -2.13. The number of terminal acetylenes is 1. The van der Waals surface area contributed by atoms with Gasteiger partial charge in [-0.2, -0.15) is 0 Å². The van der Waals surface area contributed by atoms with Gasteiger partial charge in [-0.25, -0.2) is 0 Å². The van der Waals surface area contributed by atoms with Crippen molar-refractivity contribution in [3.8, 4) is 18.1 Å². The van der Waals surface area contributed by atoms with E-state index in [2.05, 4.69) is 36.4 Å². The molecule has 1 N–H and O–H groups in total. The fourth-order valence-corrected chi connectivity index (χ4v) is 2.00. The summed E-state index contributed by atoms with van der Waals surface area (Å²) in [5.41, 5.74) is 1.17. The Balaban J connectivity index is 0.00000180. The highest BCUT2D eigenvalue weighted by atomic mass is 35.5. The number of ether oxygens (including phenoxy) is 1. The first-order valence-corrected chi connectivity index (χ1v) is 6.14. The van der Waals surface area contributed by atoms with Gasteiger partial charge in [0.05, 0.1) is 0 Å². The molecule has 0 aliphatic carbocycles. The van der Waals surface area contributed by atoms with Crippen LogP contribution in [0.15, 0.2) is 36.4 Å². The van der Waals surface area contributed by atoms with E-state index in [4.69, 9.17) is 11.2 Å². The van der Waals surface area contributed by atoms with Gasteiger partial charge in [0, 0.05) is 12.1 Å². The standard InChI is InChI=1S/C16H17NO.ClH/c1-3-11-18-16-10-9-13-7-5-6-8-14(13)15(16)12-17-4-2;/h1,5-10,17H,4,11-12H2,2H3;1H. The highest BCUT2D eigenvalue weighted by Crippen LogP contribution is 2.28. The van der Waals surface area contributed by atoms with Crippen molar-refractivity contribution >= 4 is 23.2 Å². The van der Waals surface area contributed by atoms with Crippen molar-refractivity contribution < 1.29 is 4.74 Å². The van der Waals surface area contributed by atoms with Gasteiger partial charge in [-0.3, -0.25) is 0 Å². The number of hydrogen-bond donors (Lipinski definition) is 1. The Hall–Kier alpha value is -1.69. The minimum absolute atomic E-state index is 0. The Bertz CT molecular complexity index is 574. The Morgan fingerprint density at radius 3 is 2.74 bits per heavy atom. The maximum absolute atomic E-state index is 5.62. The Morgan fingerprint density at radius 2 is 2.00 bits per heavy atom. The normalized spacial score (nSPS) is 9.68. The molecule has 0 aliphatic heterocycles. The molecule has 19 heavy (non-hydrogen) atoms. The monoisotopic (exact) mass is 275 g/mol. The second kappa shape index (κ2) is 7.68. The molecule has 0 heterocycles. The molecule has 0 bridgehead atoms. The van der Waals surface area contributed by atoms with Gasteiger partial charge in [0.1, 0.15) is 12.4 Å². The summed E-state index contributed by atoms with van der Waals surface area (Å²) in [6.45, 7) is 4.11. The van der Waals surface area contributed by atoms with Gasteiger partial charge in [-0.1, -0.05) is 43.2 Å². The van der Waals surface area contributed by atoms with Gasteiger partial charge in [-0.15, -0.1) is 18.8 Å². The van der Waals surface area contributed by atoms with Crippen molar-refractivity contribution in [3.63, 3.8) is 0 Å². The first kappa shape index (κ1) is 15.4. The lowest BCUT2D eigenvalue weighted by molar-refractivity contribution is 0.366. The van der Waals surface area contributed by atoms with E-state index in [1.54, 1.807) is 0 Å². The summed E-state index contributed by atoms with van der Waals surface area (Å²) in [6, 6.07) is 12.4. The van der Waals surface area contributed by atoms with E-state index in [0.717, 1.165) is 18.8 Å². The first-order chi connectivity index (χ1) is 8.86. The molecule has 0 saturated carbocycles. The van der Waals surface area contributed by atoms with Gasteiger partial charge < -0.3 is 10.1 Å². The maximum atomic E-state index is 5.62. The topological polar surface area (TPSA) is 21.3 Å². The number of halogens is 1. The average Bonchev–Trinajstić information content (AvgIpc) is 2.43. The molecule has 0 spiro atoms. The summed E-state index contributed by atoms with van der Waals surface area (Å²) in [7, 11) is 0. The quantitative estimate of drug-likeness (QED) is 0.845. The molecular weight excluding hydrogens is 258 g/mol. The number of hydrogen-bond acceptors (Lipinski definition) is 2. The van der Waals surface area contributed by atoms with Crippen molar-refractivity contribution in [3.05, 3.63) is 42.0 Å². The van der Waals surface area contributed by atoms with Gasteiger partial charge in [0.2, 0.25) is 0 Å². The van der Waals surface area contributed by atoms with Crippen LogP contribution in [0.25, 0.3) is 10.8 Å². The molecule has 2 aromatic rings. The van der Waals surface area contributed by atoms with Crippen LogP contribution in [0.3, 0.4) is 0 Å². The molecule has 0 amide bonds. The summed E-state index contributed by atoms with van der Waals surface area (Å²) in [5, 5.41) is 5.78. The minimum Gasteiger partial charge on any atom is -0.481 e. The molecular formula is C16H18ClNO. The smallest absolute Gasteiger partial charge is 0.148 e. The molecule has 100 valence electrons.